The van der Waals surface area contributed by atoms with E-state index < -0.39 is 0 Å². The van der Waals surface area contributed by atoms with Crippen LogP contribution >= 0.6 is 0 Å². The van der Waals surface area contributed by atoms with Gasteiger partial charge in [-0.15, -0.1) is 0 Å². The van der Waals surface area contributed by atoms with Crippen LogP contribution in [0, 0.1) is 23.2 Å². The fourth-order valence-corrected chi connectivity index (χ4v) is 6.72. The van der Waals surface area contributed by atoms with Gasteiger partial charge in [-0.05, 0) is 86.2 Å². The Hall–Kier alpha value is -0.890. The number of nitrogens with zero attached hydrogens (tertiary/aromatic N) is 1. The maximum absolute atomic E-state index is 11.3. The van der Waals surface area contributed by atoms with Gasteiger partial charge in [-0.1, -0.05) is 6.07 Å². The summed E-state index contributed by atoms with van der Waals surface area (Å²) in [7, 11) is 0. The summed E-state index contributed by atoms with van der Waals surface area (Å²) in [5.41, 5.74) is 2.82. The van der Waals surface area contributed by atoms with Crippen LogP contribution < -0.4 is 0 Å². The predicted molar refractivity (Wildman–Crippen MR) is 81.9 cm³/mol. The Morgan fingerprint density at radius 3 is 2.43 bits per heavy atom. The third kappa shape index (κ3) is 1.78. The number of aryl methyl sites for hydroxylation is 1. The van der Waals surface area contributed by atoms with Crippen LogP contribution in [-0.4, -0.2) is 16.2 Å². The Balaban J connectivity index is 1.48. The molecule has 2 unspecified atom stereocenters. The molecule has 1 heterocycles. The Bertz CT molecular complexity index is 531. The molecule has 0 saturated heterocycles. The van der Waals surface area contributed by atoms with Gasteiger partial charge in [-0.2, -0.15) is 0 Å². The molecule has 4 fully saturated rings. The molecular weight excluding hydrogens is 258 g/mol. The highest BCUT2D eigenvalue weighted by molar-refractivity contribution is 5.30. The standard InChI is InChI=1S/C19H25NO/c21-18(16-4-3-15-2-1-5-20-17(15)16)19-9-12-6-13(10-19)8-14(7-12)11-19/h1-2,5,12-14,16,18,21H,3-4,6-11H2. The lowest BCUT2D eigenvalue weighted by Gasteiger charge is -2.59. The van der Waals surface area contributed by atoms with Crippen LogP contribution in [0.4, 0.5) is 0 Å². The summed E-state index contributed by atoms with van der Waals surface area (Å²) in [6.07, 6.45) is 12.2. The molecule has 0 radical (unpaired) electrons. The molecule has 112 valence electrons. The molecule has 1 aromatic rings. The van der Waals surface area contributed by atoms with Gasteiger partial charge in [0.2, 0.25) is 0 Å². The van der Waals surface area contributed by atoms with Crippen LogP contribution in [0.3, 0.4) is 0 Å². The van der Waals surface area contributed by atoms with Crippen LogP contribution in [0.25, 0.3) is 0 Å². The third-order valence-corrected chi connectivity index (χ3v) is 7.10. The summed E-state index contributed by atoms with van der Waals surface area (Å²) in [5.74, 6) is 3.04. The van der Waals surface area contributed by atoms with E-state index in [2.05, 4.69) is 11.1 Å². The molecule has 0 amide bonds. The van der Waals surface area contributed by atoms with Gasteiger partial charge in [0.25, 0.3) is 0 Å². The number of rotatable bonds is 2. The van der Waals surface area contributed by atoms with Gasteiger partial charge in [-0.3, -0.25) is 4.98 Å². The quantitative estimate of drug-likeness (QED) is 0.898. The lowest BCUT2D eigenvalue weighted by Crippen LogP contribution is -2.53. The normalized spacial score (nSPS) is 44.8. The number of aliphatic hydroxyl groups excluding tert-OH is 1. The summed E-state index contributed by atoms with van der Waals surface area (Å²) >= 11 is 0. The smallest absolute Gasteiger partial charge is 0.0680 e. The molecule has 0 aromatic carbocycles. The highest BCUT2D eigenvalue weighted by atomic mass is 16.3. The van der Waals surface area contributed by atoms with E-state index in [1.54, 1.807) is 0 Å². The van der Waals surface area contributed by atoms with Gasteiger partial charge in [0.1, 0.15) is 0 Å². The van der Waals surface area contributed by atoms with Crippen molar-refractivity contribution < 1.29 is 5.11 Å². The number of pyridine rings is 1. The van der Waals surface area contributed by atoms with Crippen LogP contribution in [-0.2, 0) is 6.42 Å². The van der Waals surface area contributed by atoms with Crippen molar-refractivity contribution in [2.24, 2.45) is 23.2 Å². The van der Waals surface area contributed by atoms with Crippen molar-refractivity contribution in [2.45, 2.75) is 63.4 Å². The summed E-state index contributed by atoms with van der Waals surface area (Å²) in [5, 5.41) is 11.3. The van der Waals surface area contributed by atoms with E-state index in [9.17, 15) is 5.11 Å². The van der Waals surface area contributed by atoms with E-state index >= 15 is 0 Å². The van der Waals surface area contributed by atoms with E-state index in [-0.39, 0.29) is 11.5 Å². The van der Waals surface area contributed by atoms with E-state index in [1.807, 2.05) is 12.3 Å². The summed E-state index contributed by atoms with van der Waals surface area (Å²) in [6.45, 7) is 0. The van der Waals surface area contributed by atoms with Gasteiger partial charge < -0.3 is 5.11 Å². The van der Waals surface area contributed by atoms with Crippen molar-refractivity contribution in [3.05, 3.63) is 29.6 Å². The largest absolute Gasteiger partial charge is 0.392 e. The average Bonchev–Trinajstić information content (AvgIpc) is 2.89. The predicted octanol–water partition coefficient (Wildman–Crippen LogP) is 3.69. The molecule has 2 atom stereocenters. The van der Waals surface area contributed by atoms with Gasteiger partial charge in [0.15, 0.2) is 0 Å². The van der Waals surface area contributed by atoms with Crippen molar-refractivity contribution in [1.82, 2.24) is 4.98 Å². The molecule has 2 nitrogen and oxygen atoms in total. The zero-order chi connectivity index (χ0) is 14.0. The first-order valence-electron chi connectivity index (χ1n) is 8.85. The fourth-order valence-electron chi connectivity index (χ4n) is 6.72. The third-order valence-electron chi connectivity index (χ3n) is 7.10. The Morgan fingerprint density at radius 2 is 1.76 bits per heavy atom. The number of aliphatic hydroxyl groups is 1. The molecule has 2 heteroatoms. The van der Waals surface area contributed by atoms with Crippen LogP contribution in [0.1, 0.15) is 62.1 Å². The molecule has 5 aliphatic rings. The summed E-state index contributed by atoms with van der Waals surface area (Å²) < 4.78 is 0. The first-order valence-corrected chi connectivity index (χ1v) is 8.85. The molecule has 6 rings (SSSR count). The van der Waals surface area contributed by atoms with Crippen molar-refractivity contribution in [2.75, 3.05) is 0 Å². The van der Waals surface area contributed by atoms with E-state index in [0.29, 0.717) is 5.92 Å². The molecule has 4 saturated carbocycles. The second-order valence-corrected chi connectivity index (χ2v) is 8.42. The molecule has 5 aliphatic carbocycles. The lowest BCUT2D eigenvalue weighted by molar-refractivity contribution is -0.128. The molecule has 1 N–H and O–H groups in total. The Morgan fingerprint density at radius 1 is 1.10 bits per heavy atom. The average molecular weight is 283 g/mol. The molecule has 0 aliphatic heterocycles. The fraction of sp³-hybridized carbons (Fsp3) is 0.737. The van der Waals surface area contributed by atoms with Crippen molar-refractivity contribution in [3.8, 4) is 0 Å². The summed E-state index contributed by atoms with van der Waals surface area (Å²) in [6, 6.07) is 4.24. The lowest BCUT2D eigenvalue weighted by atomic mass is 9.47. The highest BCUT2D eigenvalue weighted by Gasteiger charge is 2.56. The maximum Gasteiger partial charge on any atom is 0.0680 e. The number of fused-ring (bicyclic) bond motifs is 1. The second-order valence-electron chi connectivity index (χ2n) is 8.42. The first kappa shape index (κ1) is 12.6. The van der Waals surface area contributed by atoms with Gasteiger partial charge in [0.05, 0.1) is 6.10 Å². The van der Waals surface area contributed by atoms with Crippen molar-refractivity contribution >= 4 is 0 Å². The van der Waals surface area contributed by atoms with E-state index in [1.165, 1.54) is 49.8 Å². The van der Waals surface area contributed by atoms with Crippen molar-refractivity contribution in [3.63, 3.8) is 0 Å². The minimum absolute atomic E-state index is 0.151. The zero-order valence-corrected chi connectivity index (χ0v) is 12.7. The summed E-state index contributed by atoms with van der Waals surface area (Å²) in [4.78, 5) is 4.63. The Kier molecular flexibility index (Phi) is 2.60. The molecular formula is C19H25NO. The molecule has 1 aromatic heterocycles. The molecule has 0 spiro atoms. The molecule has 4 bridgehead atoms. The minimum Gasteiger partial charge on any atom is -0.392 e. The van der Waals surface area contributed by atoms with E-state index in [0.717, 1.165) is 30.6 Å². The SMILES string of the molecule is OC(C1CCc2cccnc21)C12CC3CC(CC(C3)C1)C2. The first-order chi connectivity index (χ1) is 10.2. The number of hydrogen-bond donors (Lipinski definition) is 1. The van der Waals surface area contributed by atoms with Gasteiger partial charge >= 0.3 is 0 Å². The van der Waals surface area contributed by atoms with Gasteiger partial charge in [-0.25, -0.2) is 0 Å². The van der Waals surface area contributed by atoms with Crippen LogP contribution in [0.2, 0.25) is 0 Å². The zero-order valence-electron chi connectivity index (χ0n) is 12.7. The monoisotopic (exact) mass is 283 g/mol. The minimum atomic E-state index is -0.151. The topological polar surface area (TPSA) is 33.1 Å². The molecule has 21 heavy (non-hydrogen) atoms. The Labute approximate surface area is 127 Å². The number of aromatic nitrogens is 1. The highest BCUT2D eigenvalue weighted by Crippen LogP contribution is 2.63. The van der Waals surface area contributed by atoms with Crippen LogP contribution in [0.15, 0.2) is 18.3 Å². The second kappa shape index (κ2) is 4.32. The number of hydrogen-bond acceptors (Lipinski definition) is 2. The maximum atomic E-state index is 11.3. The van der Waals surface area contributed by atoms with E-state index in [4.69, 9.17) is 0 Å². The van der Waals surface area contributed by atoms with Crippen molar-refractivity contribution in [1.29, 1.82) is 0 Å². The van der Waals surface area contributed by atoms with Gasteiger partial charge in [0, 0.05) is 17.8 Å². The van der Waals surface area contributed by atoms with Crippen LogP contribution in [0.5, 0.6) is 0 Å².